The van der Waals surface area contributed by atoms with Gasteiger partial charge in [0.1, 0.15) is 0 Å². The van der Waals surface area contributed by atoms with E-state index in [0.29, 0.717) is 6.04 Å². The molecule has 2 atom stereocenters. The van der Waals surface area contributed by atoms with Crippen LogP contribution in [0.4, 0.5) is 0 Å². The maximum Gasteiger partial charge on any atom is 0.191 e. The molecule has 0 bridgehead atoms. The molecule has 2 fully saturated rings. The summed E-state index contributed by atoms with van der Waals surface area (Å²) in [5, 5.41) is 6.88. The summed E-state index contributed by atoms with van der Waals surface area (Å²) in [6, 6.07) is 9.65. The molecule has 2 unspecified atom stereocenters. The predicted octanol–water partition coefficient (Wildman–Crippen LogP) is 3.14. The molecule has 2 aliphatic rings. The second-order valence-electron chi connectivity index (χ2n) is 7.40. The van der Waals surface area contributed by atoms with Gasteiger partial charge in [0.15, 0.2) is 5.96 Å². The molecule has 1 heterocycles. The van der Waals surface area contributed by atoms with E-state index in [4.69, 9.17) is 0 Å². The molecular formula is C20H32N4. The van der Waals surface area contributed by atoms with Crippen LogP contribution in [0.5, 0.6) is 0 Å². The Hall–Kier alpha value is -1.55. The summed E-state index contributed by atoms with van der Waals surface area (Å²) in [6.07, 6.45) is 6.76. The van der Waals surface area contributed by atoms with E-state index in [1.54, 1.807) is 0 Å². The predicted molar refractivity (Wildman–Crippen MR) is 101 cm³/mol. The number of guanidine groups is 1. The number of benzene rings is 1. The summed E-state index contributed by atoms with van der Waals surface area (Å²) in [5.41, 5.74) is 2.73. The number of aliphatic imine (C=N–C) groups is 1. The van der Waals surface area contributed by atoms with Gasteiger partial charge in [-0.25, -0.2) is 0 Å². The van der Waals surface area contributed by atoms with Crippen LogP contribution in [0, 0.1) is 5.92 Å². The van der Waals surface area contributed by atoms with Gasteiger partial charge in [0, 0.05) is 26.2 Å². The molecular weight excluding hydrogens is 296 g/mol. The molecule has 1 aliphatic carbocycles. The van der Waals surface area contributed by atoms with Crippen LogP contribution in [-0.4, -0.2) is 37.0 Å². The Labute approximate surface area is 146 Å². The van der Waals surface area contributed by atoms with Crippen molar-refractivity contribution in [2.45, 2.75) is 58.2 Å². The highest BCUT2D eigenvalue weighted by atomic mass is 15.2. The SMILES string of the molecule is CN=C(NCc1ccc(CN2CCCCCC2)cc1)NC1CC1C. The zero-order valence-electron chi connectivity index (χ0n) is 15.2. The van der Waals surface area contributed by atoms with Crippen LogP contribution in [0.3, 0.4) is 0 Å². The van der Waals surface area contributed by atoms with Gasteiger partial charge < -0.3 is 10.6 Å². The minimum atomic E-state index is 0.604. The topological polar surface area (TPSA) is 39.7 Å². The van der Waals surface area contributed by atoms with E-state index in [2.05, 4.69) is 51.7 Å². The number of nitrogens with zero attached hydrogens (tertiary/aromatic N) is 2. The van der Waals surface area contributed by atoms with Crippen LogP contribution in [-0.2, 0) is 13.1 Å². The summed E-state index contributed by atoms with van der Waals surface area (Å²) in [4.78, 5) is 6.91. The fourth-order valence-corrected chi connectivity index (χ4v) is 3.39. The molecule has 4 heteroatoms. The van der Waals surface area contributed by atoms with Crippen LogP contribution in [0.25, 0.3) is 0 Å². The van der Waals surface area contributed by atoms with Crippen molar-refractivity contribution in [3.8, 4) is 0 Å². The minimum absolute atomic E-state index is 0.604. The number of likely N-dealkylation sites (tertiary alicyclic amines) is 1. The van der Waals surface area contributed by atoms with E-state index in [9.17, 15) is 0 Å². The molecule has 4 nitrogen and oxygen atoms in total. The van der Waals surface area contributed by atoms with E-state index in [-0.39, 0.29) is 0 Å². The number of rotatable bonds is 5. The maximum atomic E-state index is 4.31. The van der Waals surface area contributed by atoms with E-state index < -0.39 is 0 Å². The smallest absolute Gasteiger partial charge is 0.191 e. The van der Waals surface area contributed by atoms with Crippen molar-refractivity contribution in [1.82, 2.24) is 15.5 Å². The third-order valence-electron chi connectivity index (χ3n) is 5.24. The molecule has 0 aromatic heterocycles. The monoisotopic (exact) mass is 328 g/mol. The van der Waals surface area contributed by atoms with E-state index >= 15 is 0 Å². The number of nitrogens with one attached hydrogen (secondary N) is 2. The second-order valence-corrected chi connectivity index (χ2v) is 7.40. The van der Waals surface area contributed by atoms with Crippen molar-refractivity contribution in [3.05, 3.63) is 35.4 Å². The van der Waals surface area contributed by atoms with Crippen molar-refractivity contribution in [1.29, 1.82) is 0 Å². The molecule has 0 radical (unpaired) electrons. The van der Waals surface area contributed by atoms with Gasteiger partial charge in [0.25, 0.3) is 0 Å². The largest absolute Gasteiger partial charge is 0.353 e. The first kappa shape index (κ1) is 17.3. The highest BCUT2D eigenvalue weighted by molar-refractivity contribution is 5.80. The lowest BCUT2D eigenvalue weighted by Crippen LogP contribution is -2.38. The lowest BCUT2D eigenvalue weighted by atomic mass is 10.1. The van der Waals surface area contributed by atoms with Gasteiger partial charge >= 0.3 is 0 Å². The molecule has 132 valence electrons. The van der Waals surface area contributed by atoms with Crippen LogP contribution < -0.4 is 10.6 Å². The number of hydrogen-bond acceptors (Lipinski definition) is 2. The van der Waals surface area contributed by atoms with Gasteiger partial charge in [-0.05, 0) is 49.4 Å². The van der Waals surface area contributed by atoms with Crippen molar-refractivity contribution < 1.29 is 0 Å². The Balaban J connectivity index is 1.45. The van der Waals surface area contributed by atoms with Gasteiger partial charge in [-0.1, -0.05) is 44.0 Å². The van der Waals surface area contributed by atoms with Crippen LogP contribution in [0.2, 0.25) is 0 Å². The van der Waals surface area contributed by atoms with Crippen molar-refractivity contribution in [3.63, 3.8) is 0 Å². The second kappa shape index (κ2) is 8.52. The van der Waals surface area contributed by atoms with Gasteiger partial charge in [0.05, 0.1) is 0 Å². The lowest BCUT2D eigenvalue weighted by molar-refractivity contribution is 0.277. The van der Waals surface area contributed by atoms with Crippen LogP contribution >= 0.6 is 0 Å². The Morgan fingerprint density at radius 3 is 2.29 bits per heavy atom. The quantitative estimate of drug-likeness (QED) is 0.644. The van der Waals surface area contributed by atoms with Gasteiger partial charge in [-0.3, -0.25) is 9.89 Å². The summed E-state index contributed by atoms with van der Waals surface area (Å²) in [7, 11) is 1.84. The molecule has 0 spiro atoms. The van der Waals surface area contributed by atoms with Crippen LogP contribution in [0.1, 0.15) is 50.2 Å². The van der Waals surface area contributed by atoms with Gasteiger partial charge in [-0.15, -0.1) is 0 Å². The maximum absolute atomic E-state index is 4.31. The zero-order chi connectivity index (χ0) is 16.8. The summed E-state index contributed by atoms with van der Waals surface area (Å²) >= 11 is 0. The molecule has 3 rings (SSSR count). The molecule has 0 amide bonds. The van der Waals surface area contributed by atoms with E-state index in [0.717, 1.165) is 25.0 Å². The Morgan fingerprint density at radius 1 is 1.08 bits per heavy atom. The Morgan fingerprint density at radius 2 is 1.71 bits per heavy atom. The molecule has 24 heavy (non-hydrogen) atoms. The van der Waals surface area contributed by atoms with E-state index in [1.165, 1.54) is 56.3 Å². The first-order chi connectivity index (χ1) is 11.7. The first-order valence-electron chi connectivity index (χ1n) is 9.52. The van der Waals surface area contributed by atoms with Crippen LogP contribution in [0.15, 0.2) is 29.3 Å². The minimum Gasteiger partial charge on any atom is -0.353 e. The summed E-state index contributed by atoms with van der Waals surface area (Å²) < 4.78 is 0. The van der Waals surface area contributed by atoms with E-state index in [1.807, 2.05) is 7.05 Å². The third-order valence-corrected chi connectivity index (χ3v) is 5.24. The molecule has 1 aromatic carbocycles. The van der Waals surface area contributed by atoms with Gasteiger partial charge in [-0.2, -0.15) is 0 Å². The van der Waals surface area contributed by atoms with Crippen molar-refractivity contribution in [2.24, 2.45) is 10.9 Å². The zero-order valence-corrected chi connectivity index (χ0v) is 15.2. The third kappa shape index (κ3) is 5.23. The fourth-order valence-electron chi connectivity index (χ4n) is 3.39. The van der Waals surface area contributed by atoms with Gasteiger partial charge in [0.2, 0.25) is 0 Å². The molecule has 1 aromatic rings. The molecule has 2 N–H and O–H groups in total. The highest BCUT2D eigenvalue weighted by Gasteiger charge is 2.33. The number of hydrogen-bond donors (Lipinski definition) is 2. The Bertz CT molecular complexity index is 529. The first-order valence-corrected chi connectivity index (χ1v) is 9.52. The summed E-state index contributed by atoms with van der Waals surface area (Å²) in [6.45, 7) is 6.70. The normalized spacial score (nSPS) is 25.2. The summed E-state index contributed by atoms with van der Waals surface area (Å²) in [5.74, 6) is 1.69. The van der Waals surface area contributed by atoms with Crippen molar-refractivity contribution >= 4 is 5.96 Å². The Kier molecular flexibility index (Phi) is 6.13. The fraction of sp³-hybridized carbons (Fsp3) is 0.650. The van der Waals surface area contributed by atoms with Crippen molar-refractivity contribution in [2.75, 3.05) is 20.1 Å². The molecule has 1 saturated carbocycles. The standard InChI is InChI=1S/C20H32N4/c1-16-13-19(16)23-20(21-2)22-14-17-7-9-18(10-8-17)15-24-11-5-3-4-6-12-24/h7-10,16,19H,3-6,11-15H2,1-2H3,(H2,21,22,23). The molecule has 1 saturated heterocycles. The highest BCUT2D eigenvalue weighted by Crippen LogP contribution is 2.28. The average molecular weight is 329 g/mol. The average Bonchev–Trinajstić information content (AvgIpc) is 3.35. The lowest BCUT2D eigenvalue weighted by Gasteiger charge is -2.20. The molecule has 1 aliphatic heterocycles.